The van der Waals surface area contributed by atoms with E-state index in [-0.39, 0.29) is 5.56 Å². The van der Waals surface area contributed by atoms with Crippen molar-refractivity contribution in [3.63, 3.8) is 0 Å². The monoisotopic (exact) mass is 385 g/mol. The van der Waals surface area contributed by atoms with Crippen molar-refractivity contribution in [2.24, 2.45) is 4.99 Å². The average Bonchev–Trinajstić information content (AvgIpc) is 2.63. The predicted molar refractivity (Wildman–Crippen MR) is 104 cm³/mol. The molecule has 3 rings (SSSR count). The number of aromatic hydroxyl groups is 1. The second-order valence-electron chi connectivity index (χ2n) is 5.50. The van der Waals surface area contributed by atoms with E-state index >= 15 is 0 Å². The molecule has 0 amide bonds. The average molecular weight is 386 g/mol. The Hall–Kier alpha value is -3.32. The molecular weight excluding hydrogens is 370 g/mol. The lowest BCUT2D eigenvalue weighted by atomic mass is 10.2. The van der Waals surface area contributed by atoms with Crippen molar-refractivity contribution in [3.05, 3.63) is 80.0 Å². The molecule has 0 fully saturated rings. The van der Waals surface area contributed by atoms with Crippen LogP contribution < -0.4 is 16.0 Å². The first-order valence-electron chi connectivity index (χ1n) is 8.10. The molecule has 2 N–H and O–H groups in total. The molecule has 0 radical (unpaired) electrons. The fourth-order valence-electron chi connectivity index (χ4n) is 2.44. The predicted octanol–water partition coefficient (Wildman–Crippen LogP) is 3.03. The molecule has 0 aliphatic heterocycles. The summed E-state index contributed by atoms with van der Waals surface area (Å²) in [6.45, 7) is 2.44. The summed E-state index contributed by atoms with van der Waals surface area (Å²) in [5.74, 6) is 0.173. The molecule has 0 aliphatic carbocycles. The minimum Gasteiger partial charge on any atom is -0.494 e. The van der Waals surface area contributed by atoms with Crippen LogP contribution >= 0.6 is 11.6 Å². The number of ether oxygens (including phenoxy) is 1. The maximum Gasteiger partial charge on any atom is 0.335 e. The van der Waals surface area contributed by atoms with Gasteiger partial charge in [-0.05, 0) is 49.4 Å². The standard InChI is InChI=1S/C19H16ClN3O4/c1-2-27-15-8-6-13(7-9-15)21-11-16-17(24)22-19(26)23(18(16)25)14-5-3-4-12(20)10-14/h3-11,25H,2H2,1H3,(H,22,24,26). The van der Waals surface area contributed by atoms with Crippen molar-refractivity contribution in [2.75, 3.05) is 6.61 Å². The summed E-state index contributed by atoms with van der Waals surface area (Å²) < 4.78 is 6.30. The summed E-state index contributed by atoms with van der Waals surface area (Å²) in [5, 5.41) is 10.9. The van der Waals surface area contributed by atoms with Gasteiger partial charge in [0, 0.05) is 11.2 Å². The quantitative estimate of drug-likeness (QED) is 0.660. The minimum atomic E-state index is -0.780. The molecule has 0 aliphatic rings. The number of benzene rings is 2. The number of nitrogens with zero attached hydrogens (tertiary/aromatic N) is 2. The number of aromatic nitrogens is 2. The fraction of sp³-hybridized carbons (Fsp3) is 0.105. The van der Waals surface area contributed by atoms with Crippen LogP contribution in [0.15, 0.2) is 63.1 Å². The van der Waals surface area contributed by atoms with Gasteiger partial charge in [-0.15, -0.1) is 0 Å². The topological polar surface area (TPSA) is 96.7 Å². The van der Waals surface area contributed by atoms with Gasteiger partial charge in [-0.1, -0.05) is 17.7 Å². The summed E-state index contributed by atoms with van der Waals surface area (Å²) in [6, 6.07) is 13.2. The third kappa shape index (κ3) is 4.09. The van der Waals surface area contributed by atoms with E-state index in [1.165, 1.54) is 12.3 Å². The fourth-order valence-corrected chi connectivity index (χ4v) is 2.63. The van der Waals surface area contributed by atoms with Crippen molar-refractivity contribution in [3.8, 4) is 17.3 Å². The van der Waals surface area contributed by atoms with Crippen LogP contribution in [0.25, 0.3) is 5.69 Å². The maximum absolute atomic E-state index is 12.1. The molecule has 0 atom stereocenters. The van der Waals surface area contributed by atoms with Crippen LogP contribution in [0.1, 0.15) is 12.5 Å². The number of halogens is 1. The zero-order chi connectivity index (χ0) is 19.4. The van der Waals surface area contributed by atoms with Gasteiger partial charge in [0.15, 0.2) is 0 Å². The molecule has 0 saturated carbocycles. The number of aliphatic imine (C=N–C) groups is 1. The lowest BCUT2D eigenvalue weighted by Crippen LogP contribution is -2.31. The summed E-state index contributed by atoms with van der Waals surface area (Å²) >= 11 is 5.94. The maximum atomic E-state index is 12.1. The van der Waals surface area contributed by atoms with E-state index < -0.39 is 17.1 Å². The Morgan fingerprint density at radius 3 is 2.63 bits per heavy atom. The van der Waals surface area contributed by atoms with E-state index in [0.717, 1.165) is 4.57 Å². The molecule has 3 aromatic rings. The third-order valence-corrected chi connectivity index (χ3v) is 3.91. The van der Waals surface area contributed by atoms with Gasteiger partial charge < -0.3 is 9.84 Å². The first-order valence-corrected chi connectivity index (χ1v) is 8.48. The molecule has 1 heterocycles. The number of hydrogen-bond donors (Lipinski definition) is 2. The minimum absolute atomic E-state index is 0.150. The van der Waals surface area contributed by atoms with Gasteiger partial charge in [0.2, 0.25) is 5.88 Å². The van der Waals surface area contributed by atoms with Crippen molar-refractivity contribution >= 4 is 23.5 Å². The van der Waals surface area contributed by atoms with Gasteiger partial charge in [0.05, 0.1) is 18.0 Å². The smallest absolute Gasteiger partial charge is 0.335 e. The molecule has 0 spiro atoms. The van der Waals surface area contributed by atoms with Crippen molar-refractivity contribution < 1.29 is 9.84 Å². The van der Waals surface area contributed by atoms with Gasteiger partial charge in [0.25, 0.3) is 5.56 Å². The molecule has 8 heteroatoms. The Morgan fingerprint density at radius 1 is 1.22 bits per heavy atom. The van der Waals surface area contributed by atoms with Gasteiger partial charge in [-0.25, -0.2) is 9.36 Å². The van der Waals surface area contributed by atoms with Crippen LogP contribution in [0.3, 0.4) is 0 Å². The molecule has 2 aromatic carbocycles. The van der Waals surface area contributed by atoms with E-state index in [1.54, 1.807) is 42.5 Å². The normalized spacial score (nSPS) is 11.0. The second kappa shape index (κ2) is 7.92. The molecule has 7 nitrogen and oxygen atoms in total. The largest absolute Gasteiger partial charge is 0.494 e. The molecule has 27 heavy (non-hydrogen) atoms. The van der Waals surface area contributed by atoms with Gasteiger partial charge >= 0.3 is 5.69 Å². The van der Waals surface area contributed by atoms with E-state index in [4.69, 9.17) is 16.3 Å². The van der Waals surface area contributed by atoms with Gasteiger partial charge in [-0.3, -0.25) is 14.8 Å². The number of hydrogen-bond acceptors (Lipinski definition) is 5. The number of H-pyrrole nitrogens is 1. The van der Waals surface area contributed by atoms with E-state index in [9.17, 15) is 14.7 Å². The van der Waals surface area contributed by atoms with Crippen molar-refractivity contribution in [1.29, 1.82) is 0 Å². The van der Waals surface area contributed by atoms with E-state index in [2.05, 4.69) is 9.98 Å². The highest BCUT2D eigenvalue weighted by Crippen LogP contribution is 2.21. The van der Waals surface area contributed by atoms with Crippen LogP contribution in [0.4, 0.5) is 5.69 Å². The second-order valence-corrected chi connectivity index (χ2v) is 5.93. The van der Waals surface area contributed by atoms with Crippen LogP contribution in [0.2, 0.25) is 5.02 Å². The highest BCUT2D eigenvalue weighted by molar-refractivity contribution is 6.30. The van der Waals surface area contributed by atoms with Gasteiger partial charge in [-0.2, -0.15) is 0 Å². The Kier molecular flexibility index (Phi) is 5.42. The van der Waals surface area contributed by atoms with Crippen molar-refractivity contribution in [2.45, 2.75) is 6.92 Å². The number of aromatic amines is 1. The third-order valence-electron chi connectivity index (χ3n) is 3.68. The van der Waals surface area contributed by atoms with Crippen LogP contribution in [-0.4, -0.2) is 27.5 Å². The highest BCUT2D eigenvalue weighted by atomic mass is 35.5. The summed E-state index contributed by atoms with van der Waals surface area (Å²) in [5.41, 5.74) is -0.804. The highest BCUT2D eigenvalue weighted by Gasteiger charge is 2.14. The van der Waals surface area contributed by atoms with Crippen LogP contribution in [0, 0.1) is 0 Å². The van der Waals surface area contributed by atoms with Crippen molar-refractivity contribution in [1.82, 2.24) is 9.55 Å². The molecule has 0 saturated heterocycles. The molecule has 1 aromatic heterocycles. The Bertz CT molecular complexity index is 1100. The number of nitrogens with one attached hydrogen (secondary N) is 1. The first kappa shape index (κ1) is 18.5. The van der Waals surface area contributed by atoms with Crippen LogP contribution in [-0.2, 0) is 0 Å². The molecular formula is C19H16ClN3O4. The summed E-state index contributed by atoms with van der Waals surface area (Å²) in [7, 11) is 0. The first-order chi connectivity index (χ1) is 13.0. The van der Waals surface area contributed by atoms with Crippen LogP contribution in [0.5, 0.6) is 11.6 Å². The van der Waals surface area contributed by atoms with Gasteiger partial charge in [0.1, 0.15) is 11.3 Å². The Morgan fingerprint density at radius 2 is 1.96 bits per heavy atom. The Labute approximate surface area is 159 Å². The molecule has 0 unspecified atom stereocenters. The number of rotatable bonds is 5. The zero-order valence-electron chi connectivity index (χ0n) is 14.3. The van der Waals surface area contributed by atoms with E-state index in [0.29, 0.717) is 28.8 Å². The molecule has 138 valence electrons. The lowest BCUT2D eigenvalue weighted by Gasteiger charge is -2.09. The zero-order valence-corrected chi connectivity index (χ0v) is 15.1. The summed E-state index contributed by atoms with van der Waals surface area (Å²) in [6.07, 6.45) is 1.20. The lowest BCUT2D eigenvalue weighted by molar-refractivity contribution is 0.340. The van der Waals surface area contributed by atoms with E-state index in [1.807, 2.05) is 6.92 Å². The Balaban J connectivity index is 2.02. The SMILES string of the molecule is CCOc1ccc(N=Cc2c(O)n(-c3cccc(Cl)c3)c(=O)[nH]c2=O)cc1. The molecule has 0 bridgehead atoms. The summed E-state index contributed by atoms with van der Waals surface area (Å²) in [4.78, 5) is 30.6.